The number of hydrogen-bond acceptors (Lipinski definition) is 2. The van der Waals surface area contributed by atoms with E-state index in [-0.39, 0.29) is 5.97 Å². The molecule has 0 aliphatic rings. The molecule has 0 unspecified atom stereocenters. The molecule has 0 aliphatic carbocycles. The summed E-state index contributed by atoms with van der Waals surface area (Å²) >= 11 is 0. The van der Waals surface area contributed by atoms with E-state index in [4.69, 9.17) is 4.74 Å². The highest BCUT2D eigenvalue weighted by molar-refractivity contribution is 6.04. The van der Waals surface area contributed by atoms with Crippen molar-refractivity contribution in [3.63, 3.8) is 0 Å². The van der Waals surface area contributed by atoms with Crippen LogP contribution in [-0.4, -0.2) is 13.1 Å². The highest BCUT2D eigenvalue weighted by Crippen LogP contribution is 2.32. The third-order valence-corrected chi connectivity index (χ3v) is 3.62. The van der Waals surface area contributed by atoms with Gasteiger partial charge in [-0.15, -0.1) is 0 Å². The van der Waals surface area contributed by atoms with Gasteiger partial charge < -0.3 is 4.74 Å². The van der Waals surface area contributed by atoms with Crippen molar-refractivity contribution in [3.8, 4) is 22.3 Å². The molecule has 0 amide bonds. The van der Waals surface area contributed by atoms with Gasteiger partial charge in [0.1, 0.15) is 0 Å². The standard InChI is InChI=1S/C20H16O2/c1-22-20(21)19-17(15-9-4-2-5-10-15)13-8-14-18(19)16-11-6-3-7-12-16/h2-14H,1H3. The van der Waals surface area contributed by atoms with Gasteiger partial charge in [-0.1, -0.05) is 78.9 Å². The molecule has 0 bridgehead atoms. The van der Waals surface area contributed by atoms with Gasteiger partial charge in [-0.25, -0.2) is 4.79 Å². The van der Waals surface area contributed by atoms with Crippen LogP contribution in [-0.2, 0) is 4.74 Å². The van der Waals surface area contributed by atoms with E-state index in [0.717, 1.165) is 22.3 Å². The maximum absolute atomic E-state index is 12.4. The summed E-state index contributed by atoms with van der Waals surface area (Å²) in [5.74, 6) is -0.321. The van der Waals surface area contributed by atoms with Crippen LogP contribution in [0.1, 0.15) is 10.4 Å². The fourth-order valence-corrected chi connectivity index (χ4v) is 2.59. The predicted octanol–water partition coefficient (Wildman–Crippen LogP) is 4.81. The van der Waals surface area contributed by atoms with Crippen LogP contribution in [0.25, 0.3) is 22.3 Å². The molecular weight excluding hydrogens is 272 g/mol. The molecule has 0 spiro atoms. The largest absolute Gasteiger partial charge is 0.465 e. The molecule has 22 heavy (non-hydrogen) atoms. The third kappa shape index (κ3) is 2.63. The van der Waals surface area contributed by atoms with Crippen molar-refractivity contribution >= 4 is 5.97 Å². The zero-order valence-corrected chi connectivity index (χ0v) is 12.3. The first-order chi connectivity index (χ1) is 10.8. The first-order valence-corrected chi connectivity index (χ1v) is 7.13. The van der Waals surface area contributed by atoms with E-state index in [1.54, 1.807) is 0 Å². The Labute approximate surface area is 130 Å². The van der Waals surface area contributed by atoms with Gasteiger partial charge in [-0.2, -0.15) is 0 Å². The zero-order chi connectivity index (χ0) is 15.4. The van der Waals surface area contributed by atoms with Gasteiger partial charge in [0.05, 0.1) is 12.7 Å². The second-order valence-electron chi connectivity index (χ2n) is 4.95. The van der Waals surface area contributed by atoms with Crippen molar-refractivity contribution in [2.24, 2.45) is 0 Å². The van der Waals surface area contributed by atoms with Crippen LogP contribution in [0, 0.1) is 0 Å². The number of benzene rings is 3. The smallest absolute Gasteiger partial charge is 0.339 e. The van der Waals surface area contributed by atoms with E-state index >= 15 is 0 Å². The Balaban J connectivity index is 2.26. The van der Waals surface area contributed by atoms with Crippen molar-refractivity contribution in [2.45, 2.75) is 0 Å². The van der Waals surface area contributed by atoms with Gasteiger partial charge in [0, 0.05) is 0 Å². The summed E-state index contributed by atoms with van der Waals surface area (Å²) in [6.07, 6.45) is 0. The lowest BCUT2D eigenvalue weighted by Gasteiger charge is -2.13. The molecule has 0 radical (unpaired) electrons. The van der Waals surface area contributed by atoms with Crippen LogP contribution < -0.4 is 0 Å². The van der Waals surface area contributed by atoms with Crippen LogP contribution in [0.5, 0.6) is 0 Å². The molecule has 0 saturated heterocycles. The van der Waals surface area contributed by atoms with Crippen LogP contribution in [0.15, 0.2) is 78.9 Å². The first kappa shape index (κ1) is 14.1. The molecular formula is C20H16O2. The lowest BCUT2D eigenvalue weighted by Crippen LogP contribution is -2.06. The van der Waals surface area contributed by atoms with Crippen molar-refractivity contribution in [1.82, 2.24) is 0 Å². The van der Waals surface area contributed by atoms with E-state index in [9.17, 15) is 4.79 Å². The molecule has 3 aromatic rings. The first-order valence-electron chi connectivity index (χ1n) is 7.13. The minimum absolute atomic E-state index is 0.321. The lowest BCUT2D eigenvalue weighted by molar-refractivity contribution is 0.0602. The normalized spacial score (nSPS) is 10.2. The lowest BCUT2D eigenvalue weighted by atomic mass is 9.92. The van der Waals surface area contributed by atoms with E-state index in [2.05, 4.69) is 0 Å². The van der Waals surface area contributed by atoms with Crippen LogP contribution >= 0.6 is 0 Å². The molecule has 3 aromatic carbocycles. The van der Waals surface area contributed by atoms with E-state index in [0.29, 0.717) is 5.56 Å². The Morgan fingerprint density at radius 3 is 1.55 bits per heavy atom. The molecule has 0 saturated carbocycles. The molecule has 108 valence electrons. The van der Waals surface area contributed by atoms with E-state index in [1.165, 1.54) is 7.11 Å². The Kier molecular flexibility index (Phi) is 4.01. The van der Waals surface area contributed by atoms with Gasteiger partial charge in [0.15, 0.2) is 0 Å². The number of rotatable bonds is 3. The fraction of sp³-hybridized carbons (Fsp3) is 0.0500. The SMILES string of the molecule is COC(=O)c1c(-c2ccccc2)cccc1-c1ccccc1. The molecule has 0 heterocycles. The minimum atomic E-state index is -0.321. The summed E-state index contributed by atoms with van der Waals surface area (Å²) in [6.45, 7) is 0. The maximum atomic E-state index is 12.4. The quantitative estimate of drug-likeness (QED) is 0.647. The third-order valence-electron chi connectivity index (χ3n) is 3.62. The summed E-state index contributed by atoms with van der Waals surface area (Å²) in [6, 6.07) is 25.6. The molecule has 2 heteroatoms. The monoisotopic (exact) mass is 288 g/mol. The van der Waals surface area contributed by atoms with Crippen LogP contribution in [0.3, 0.4) is 0 Å². The highest BCUT2D eigenvalue weighted by atomic mass is 16.5. The Bertz CT molecular complexity index is 720. The van der Waals surface area contributed by atoms with Gasteiger partial charge >= 0.3 is 5.97 Å². The van der Waals surface area contributed by atoms with Crippen molar-refractivity contribution in [1.29, 1.82) is 0 Å². The Morgan fingerprint density at radius 1 is 0.682 bits per heavy atom. The average Bonchev–Trinajstić information content (AvgIpc) is 2.62. The summed E-state index contributed by atoms with van der Waals surface area (Å²) < 4.78 is 5.02. The molecule has 3 rings (SSSR count). The molecule has 0 fully saturated rings. The van der Waals surface area contributed by atoms with Gasteiger partial charge in [-0.05, 0) is 22.3 Å². The maximum Gasteiger partial charge on any atom is 0.339 e. The van der Waals surface area contributed by atoms with Crippen molar-refractivity contribution in [2.75, 3.05) is 7.11 Å². The summed E-state index contributed by atoms with van der Waals surface area (Å²) in [5, 5.41) is 0. The number of methoxy groups -OCH3 is 1. The number of hydrogen-bond donors (Lipinski definition) is 0. The minimum Gasteiger partial charge on any atom is -0.465 e. The predicted molar refractivity (Wildman–Crippen MR) is 88.7 cm³/mol. The van der Waals surface area contributed by atoms with E-state index in [1.807, 2.05) is 78.9 Å². The molecule has 0 N–H and O–H groups in total. The van der Waals surface area contributed by atoms with Gasteiger partial charge in [0.25, 0.3) is 0 Å². The van der Waals surface area contributed by atoms with Crippen molar-refractivity contribution in [3.05, 3.63) is 84.4 Å². The second kappa shape index (κ2) is 6.27. The van der Waals surface area contributed by atoms with Crippen LogP contribution in [0.2, 0.25) is 0 Å². The summed E-state index contributed by atoms with van der Waals surface area (Å²) in [4.78, 5) is 12.4. The highest BCUT2D eigenvalue weighted by Gasteiger charge is 2.18. The number of carbonyl (C=O) groups is 1. The Hall–Kier alpha value is -2.87. The molecule has 0 aliphatic heterocycles. The van der Waals surface area contributed by atoms with Crippen molar-refractivity contribution < 1.29 is 9.53 Å². The van der Waals surface area contributed by atoms with E-state index < -0.39 is 0 Å². The van der Waals surface area contributed by atoms with Gasteiger partial charge in [-0.3, -0.25) is 0 Å². The fourth-order valence-electron chi connectivity index (χ4n) is 2.59. The molecule has 0 atom stereocenters. The van der Waals surface area contributed by atoms with Crippen LogP contribution in [0.4, 0.5) is 0 Å². The van der Waals surface area contributed by atoms with Gasteiger partial charge in [0.2, 0.25) is 0 Å². The average molecular weight is 288 g/mol. The number of esters is 1. The number of carbonyl (C=O) groups excluding carboxylic acids is 1. The second-order valence-corrected chi connectivity index (χ2v) is 4.95. The topological polar surface area (TPSA) is 26.3 Å². The Morgan fingerprint density at radius 2 is 1.14 bits per heavy atom. The summed E-state index contributed by atoms with van der Waals surface area (Å²) in [5.41, 5.74) is 4.37. The summed E-state index contributed by atoms with van der Waals surface area (Å²) in [7, 11) is 1.42. The number of ether oxygens (including phenoxy) is 1. The molecule has 2 nitrogen and oxygen atoms in total. The zero-order valence-electron chi connectivity index (χ0n) is 12.3. The molecule has 0 aromatic heterocycles.